The molecule has 0 radical (unpaired) electrons. The van der Waals surface area contributed by atoms with Gasteiger partial charge < -0.3 is 24.8 Å². The molecule has 8 heteroatoms. The number of aliphatic hydroxyl groups is 3. The molecule has 5 atom stereocenters. The van der Waals surface area contributed by atoms with Gasteiger partial charge in [-0.25, -0.2) is 0 Å². The predicted molar refractivity (Wildman–Crippen MR) is 47.7 cm³/mol. The number of nitrogens with zero attached hydrogens (tertiary/aromatic N) is 3. The van der Waals surface area contributed by atoms with E-state index in [2.05, 4.69) is 10.0 Å². The minimum absolute atomic E-state index is 0.138. The highest BCUT2D eigenvalue weighted by molar-refractivity contribution is 4.89. The molecule has 1 saturated heterocycles. The van der Waals surface area contributed by atoms with Crippen molar-refractivity contribution in [3.8, 4) is 0 Å². The molecule has 3 N–H and O–H groups in total. The summed E-state index contributed by atoms with van der Waals surface area (Å²) >= 11 is 0. The van der Waals surface area contributed by atoms with E-state index >= 15 is 0 Å². The number of hydrogen-bond acceptors (Lipinski definition) is 6. The topological polar surface area (TPSA) is 128 Å². The molecule has 15 heavy (non-hydrogen) atoms. The first-order valence-electron chi connectivity index (χ1n) is 4.35. The average Bonchev–Trinajstić information content (AvgIpc) is 2.25. The molecule has 0 spiro atoms. The number of hydrogen-bond donors (Lipinski definition) is 3. The number of ether oxygens (including phenoxy) is 2. The van der Waals surface area contributed by atoms with Crippen molar-refractivity contribution in [3.63, 3.8) is 0 Å². The third-order valence-corrected chi connectivity index (χ3v) is 2.23. The normalized spacial score (nSPS) is 40.9. The van der Waals surface area contributed by atoms with Gasteiger partial charge in [0, 0.05) is 12.0 Å². The average molecular weight is 219 g/mol. The van der Waals surface area contributed by atoms with Crippen LogP contribution in [0.1, 0.15) is 0 Å². The van der Waals surface area contributed by atoms with Gasteiger partial charge in [-0.05, 0) is 5.53 Å². The fraction of sp³-hybridized carbons (Fsp3) is 1.00. The minimum Gasteiger partial charge on any atom is -0.388 e. The molecule has 1 heterocycles. The summed E-state index contributed by atoms with van der Waals surface area (Å²) < 4.78 is 9.84. The zero-order valence-corrected chi connectivity index (χ0v) is 8.09. The summed E-state index contributed by atoms with van der Waals surface area (Å²) in [6.07, 6.45) is -5.95. The summed E-state index contributed by atoms with van der Waals surface area (Å²) in [5.74, 6) is 0. The molecule has 0 aromatic carbocycles. The molecule has 0 aromatic rings. The van der Waals surface area contributed by atoms with Crippen molar-refractivity contribution in [1.29, 1.82) is 0 Å². The van der Waals surface area contributed by atoms with Crippen LogP contribution < -0.4 is 0 Å². The monoisotopic (exact) mass is 219 g/mol. The summed E-state index contributed by atoms with van der Waals surface area (Å²) in [4.78, 5) is 2.51. The van der Waals surface area contributed by atoms with Gasteiger partial charge in [0.1, 0.15) is 18.3 Å². The molecule has 1 aliphatic rings. The van der Waals surface area contributed by atoms with Gasteiger partial charge in [0.25, 0.3) is 0 Å². The van der Waals surface area contributed by atoms with Crippen LogP contribution in [0.25, 0.3) is 10.4 Å². The van der Waals surface area contributed by atoms with E-state index in [1.807, 2.05) is 0 Å². The number of methoxy groups -OCH3 is 1. The first kappa shape index (κ1) is 12.2. The Kier molecular flexibility index (Phi) is 4.28. The molecule has 0 saturated carbocycles. The van der Waals surface area contributed by atoms with Crippen LogP contribution in [0.3, 0.4) is 0 Å². The summed E-state index contributed by atoms with van der Waals surface area (Å²) in [5, 5.41) is 31.5. The van der Waals surface area contributed by atoms with Crippen molar-refractivity contribution in [1.82, 2.24) is 0 Å². The fourth-order valence-electron chi connectivity index (χ4n) is 1.38. The molecule has 8 nitrogen and oxygen atoms in total. The quantitative estimate of drug-likeness (QED) is 0.310. The van der Waals surface area contributed by atoms with Crippen molar-refractivity contribution >= 4 is 0 Å². The molecule has 1 fully saturated rings. The molecule has 3 unspecified atom stereocenters. The van der Waals surface area contributed by atoms with E-state index in [0.29, 0.717) is 0 Å². The lowest BCUT2D eigenvalue weighted by Gasteiger charge is -2.39. The van der Waals surface area contributed by atoms with E-state index in [4.69, 9.17) is 15.0 Å². The Bertz CT molecular complexity index is 255. The van der Waals surface area contributed by atoms with Gasteiger partial charge in [-0.15, -0.1) is 0 Å². The Hall–Kier alpha value is -0.890. The van der Waals surface area contributed by atoms with Gasteiger partial charge in [0.2, 0.25) is 0 Å². The van der Waals surface area contributed by atoms with Gasteiger partial charge >= 0.3 is 0 Å². The minimum atomic E-state index is -1.39. The van der Waals surface area contributed by atoms with Crippen LogP contribution in [-0.4, -0.2) is 59.7 Å². The molecule has 1 aliphatic heterocycles. The lowest BCUT2D eigenvalue weighted by molar-refractivity contribution is -0.287. The predicted octanol–water partition coefficient (Wildman–Crippen LogP) is -1.25. The Balaban J connectivity index is 2.69. The summed E-state index contributed by atoms with van der Waals surface area (Å²) in [7, 11) is 1.29. The molecular weight excluding hydrogens is 206 g/mol. The number of azide groups is 1. The molecular formula is C7H13N3O5. The number of rotatable bonds is 3. The van der Waals surface area contributed by atoms with Crippen molar-refractivity contribution in [2.75, 3.05) is 13.7 Å². The zero-order chi connectivity index (χ0) is 11.4. The lowest BCUT2D eigenvalue weighted by atomic mass is 9.99. The zero-order valence-electron chi connectivity index (χ0n) is 8.09. The Morgan fingerprint density at radius 1 is 1.33 bits per heavy atom. The second-order valence-electron chi connectivity index (χ2n) is 3.16. The summed E-state index contributed by atoms with van der Waals surface area (Å²) in [6.45, 7) is -0.138. The smallest absolute Gasteiger partial charge is 0.186 e. The second-order valence-corrected chi connectivity index (χ2v) is 3.16. The standard InChI is InChI=1S/C7H13N3O5/c1-14-7-6(13)5(12)4(11)3(15-7)2-9-10-8/h3-7,11-13H,2H2,1H3/t3?,4-,5?,6+,7?/m1/s1. The van der Waals surface area contributed by atoms with Gasteiger partial charge in [-0.3, -0.25) is 0 Å². The van der Waals surface area contributed by atoms with E-state index in [9.17, 15) is 15.3 Å². The van der Waals surface area contributed by atoms with E-state index in [0.717, 1.165) is 0 Å². The van der Waals surface area contributed by atoms with Crippen LogP contribution in [0, 0.1) is 0 Å². The maximum atomic E-state index is 9.47. The highest BCUT2D eigenvalue weighted by Gasteiger charge is 2.43. The first-order valence-corrected chi connectivity index (χ1v) is 4.35. The summed E-state index contributed by atoms with van der Waals surface area (Å²) in [5.41, 5.74) is 8.10. The lowest BCUT2D eigenvalue weighted by Crippen LogP contribution is -2.58. The maximum absolute atomic E-state index is 9.47. The van der Waals surface area contributed by atoms with E-state index in [1.54, 1.807) is 0 Å². The highest BCUT2D eigenvalue weighted by Crippen LogP contribution is 2.21. The fourth-order valence-corrected chi connectivity index (χ4v) is 1.38. The first-order chi connectivity index (χ1) is 7.11. The highest BCUT2D eigenvalue weighted by atomic mass is 16.7. The molecule has 0 aliphatic carbocycles. The van der Waals surface area contributed by atoms with Gasteiger partial charge in [0.05, 0.1) is 12.6 Å². The van der Waals surface area contributed by atoms with Gasteiger partial charge in [0.15, 0.2) is 6.29 Å². The van der Waals surface area contributed by atoms with Crippen molar-refractivity contribution in [2.24, 2.45) is 5.11 Å². The molecule has 0 aromatic heterocycles. The summed E-state index contributed by atoms with van der Waals surface area (Å²) in [6, 6.07) is 0. The Morgan fingerprint density at radius 3 is 2.53 bits per heavy atom. The van der Waals surface area contributed by atoms with Gasteiger partial charge in [-0.2, -0.15) is 0 Å². The second kappa shape index (κ2) is 5.26. The SMILES string of the molecule is COC1OC(CN=[N+]=[N-])[C@@H](O)C(O)[C@@H]1O. The van der Waals surface area contributed by atoms with E-state index in [1.165, 1.54) is 7.11 Å². The van der Waals surface area contributed by atoms with Crippen LogP contribution >= 0.6 is 0 Å². The van der Waals surface area contributed by atoms with Crippen LogP contribution in [0.2, 0.25) is 0 Å². The Labute approximate surface area is 85.7 Å². The van der Waals surface area contributed by atoms with E-state index < -0.39 is 30.7 Å². The van der Waals surface area contributed by atoms with E-state index in [-0.39, 0.29) is 6.54 Å². The van der Waals surface area contributed by atoms with Crippen LogP contribution in [0.4, 0.5) is 0 Å². The molecule has 1 rings (SSSR count). The third-order valence-electron chi connectivity index (χ3n) is 2.23. The largest absolute Gasteiger partial charge is 0.388 e. The third kappa shape index (κ3) is 2.57. The number of aliphatic hydroxyl groups excluding tert-OH is 3. The van der Waals surface area contributed by atoms with Crippen LogP contribution in [-0.2, 0) is 9.47 Å². The van der Waals surface area contributed by atoms with Crippen molar-refractivity contribution in [3.05, 3.63) is 10.4 Å². The van der Waals surface area contributed by atoms with Crippen LogP contribution in [0.15, 0.2) is 5.11 Å². The van der Waals surface area contributed by atoms with Gasteiger partial charge in [-0.1, -0.05) is 5.11 Å². The van der Waals surface area contributed by atoms with Crippen molar-refractivity contribution < 1.29 is 24.8 Å². The van der Waals surface area contributed by atoms with Crippen LogP contribution in [0.5, 0.6) is 0 Å². The Morgan fingerprint density at radius 2 is 2.00 bits per heavy atom. The molecule has 0 amide bonds. The maximum Gasteiger partial charge on any atom is 0.186 e. The molecule has 86 valence electrons. The molecule has 0 bridgehead atoms. The van der Waals surface area contributed by atoms with Crippen molar-refractivity contribution in [2.45, 2.75) is 30.7 Å².